The summed E-state index contributed by atoms with van der Waals surface area (Å²) in [5, 5.41) is 2.75. The Hall–Kier alpha value is -0.820. The van der Waals surface area contributed by atoms with Crippen LogP contribution in [0.4, 0.5) is 4.79 Å². The van der Waals surface area contributed by atoms with Gasteiger partial charge in [0, 0.05) is 6.54 Å². The maximum atomic E-state index is 11.5. The molecule has 0 atom stereocenters. The van der Waals surface area contributed by atoms with Crippen LogP contribution in [0.3, 0.4) is 0 Å². The van der Waals surface area contributed by atoms with Gasteiger partial charge in [-0.2, -0.15) is 8.42 Å². The van der Waals surface area contributed by atoms with Gasteiger partial charge in [0.25, 0.3) is 10.1 Å². The summed E-state index contributed by atoms with van der Waals surface area (Å²) < 4.78 is 32.3. The molecule has 0 saturated heterocycles. The molecule has 1 saturated carbocycles. The van der Waals surface area contributed by atoms with Crippen molar-refractivity contribution in [3.63, 3.8) is 0 Å². The van der Waals surface area contributed by atoms with Gasteiger partial charge in [-0.1, -0.05) is 0 Å². The molecule has 1 fully saturated rings. The number of rotatable bonds is 5. The topological polar surface area (TPSA) is 81.7 Å². The van der Waals surface area contributed by atoms with Crippen LogP contribution in [0, 0.1) is 5.92 Å². The van der Waals surface area contributed by atoms with Gasteiger partial charge in [-0.3, -0.25) is 4.18 Å². The van der Waals surface area contributed by atoms with Crippen LogP contribution in [0.25, 0.3) is 0 Å². The molecule has 1 amide bonds. The van der Waals surface area contributed by atoms with E-state index in [0.717, 1.165) is 38.4 Å². The first-order valence-electron chi connectivity index (χ1n) is 7.40. The largest absolute Gasteiger partial charge is 0.444 e. The Kier molecular flexibility index (Phi) is 6.46. The molecule has 1 aliphatic carbocycles. The average Bonchev–Trinajstić information content (AvgIpc) is 2.27. The molecule has 0 unspecified atom stereocenters. The molecule has 21 heavy (non-hydrogen) atoms. The SMILES string of the molecule is CC(C)(C)OC(=O)NCCC1CCC(OS(C)(=O)=O)CC1. The number of alkyl carbamates (subject to hydrolysis) is 1. The first-order chi connectivity index (χ1) is 9.55. The van der Waals surface area contributed by atoms with Crippen molar-refractivity contribution >= 4 is 16.2 Å². The Morgan fingerprint density at radius 3 is 2.24 bits per heavy atom. The maximum Gasteiger partial charge on any atom is 0.407 e. The van der Waals surface area contributed by atoms with Gasteiger partial charge in [0.2, 0.25) is 0 Å². The van der Waals surface area contributed by atoms with E-state index in [0.29, 0.717) is 12.5 Å². The van der Waals surface area contributed by atoms with Crippen LogP contribution in [0.5, 0.6) is 0 Å². The van der Waals surface area contributed by atoms with Gasteiger partial charge in [0.15, 0.2) is 0 Å². The van der Waals surface area contributed by atoms with Crippen molar-refractivity contribution in [2.75, 3.05) is 12.8 Å². The first-order valence-corrected chi connectivity index (χ1v) is 9.22. The van der Waals surface area contributed by atoms with E-state index in [1.54, 1.807) is 0 Å². The Morgan fingerprint density at radius 1 is 1.19 bits per heavy atom. The zero-order valence-corrected chi connectivity index (χ0v) is 14.2. The number of hydrogen-bond acceptors (Lipinski definition) is 5. The Morgan fingerprint density at radius 2 is 1.76 bits per heavy atom. The van der Waals surface area contributed by atoms with Crippen LogP contribution in [0.15, 0.2) is 0 Å². The lowest BCUT2D eigenvalue weighted by Crippen LogP contribution is -2.34. The van der Waals surface area contributed by atoms with Gasteiger partial charge in [0.1, 0.15) is 5.60 Å². The van der Waals surface area contributed by atoms with Crippen molar-refractivity contribution in [1.82, 2.24) is 5.32 Å². The third-order valence-corrected chi connectivity index (χ3v) is 3.95. The fraction of sp³-hybridized carbons (Fsp3) is 0.929. The predicted octanol–water partition coefficient (Wildman–Crippen LogP) is 2.44. The summed E-state index contributed by atoms with van der Waals surface area (Å²) in [6.07, 6.45) is 4.75. The highest BCUT2D eigenvalue weighted by molar-refractivity contribution is 7.86. The van der Waals surface area contributed by atoms with E-state index in [2.05, 4.69) is 5.32 Å². The van der Waals surface area contributed by atoms with Gasteiger partial charge < -0.3 is 10.1 Å². The number of hydrogen-bond donors (Lipinski definition) is 1. The first kappa shape index (κ1) is 18.2. The molecule has 0 bridgehead atoms. The minimum atomic E-state index is -3.36. The van der Waals surface area contributed by atoms with E-state index in [9.17, 15) is 13.2 Å². The molecular weight excluding hydrogens is 294 g/mol. The molecule has 0 aromatic heterocycles. The summed E-state index contributed by atoms with van der Waals surface area (Å²) in [7, 11) is -3.36. The smallest absolute Gasteiger partial charge is 0.407 e. The highest BCUT2D eigenvalue weighted by Gasteiger charge is 2.24. The third-order valence-electron chi connectivity index (χ3n) is 3.33. The van der Waals surface area contributed by atoms with Gasteiger partial charge in [-0.15, -0.1) is 0 Å². The lowest BCUT2D eigenvalue weighted by atomic mass is 9.85. The fourth-order valence-corrected chi connectivity index (χ4v) is 3.14. The quantitative estimate of drug-likeness (QED) is 0.787. The van der Waals surface area contributed by atoms with E-state index in [4.69, 9.17) is 8.92 Å². The fourth-order valence-electron chi connectivity index (χ4n) is 2.46. The Bertz CT molecular complexity index is 433. The number of nitrogens with one attached hydrogen (secondary N) is 1. The van der Waals surface area contributed by atoms with Gasteiger partial charge in [-0.05, 0) is 58.8 Å². The lowest BCUT2D eigenvalue weighted by molar-refractivity contribution is 0.0521. The van der Waals surface area contributed by atoms with Crippen molar-refractivity contribution in [2.24, 2.45) is 5.92 Å². The van der Waals surface area contributed by atoms with Crippen LogP contribution in [-0.2, 0) is 19.0 Å². The second-order valence-corrected chi connectivity index (χ2v) is 8.26. The summed E-state index contributed by atoms with van der Waals surface area (Å²) in [6, 6.07) is 0. The third kappa shape index (κ3) is 8.93. The standard InChI is InChI=1S/C14H27NO5S/c1-14(2,3)19-13(16)15-10-9-11-5-7-12(8-6-11)20-21(4,17)18/h11-12H,5-10H2,1-4H3,(H,15,16). The summed E-state index contributed by atoms with van der Waals surface area (Å²) in [4.78, 5) is 11.5. The molecule has 7 heteroatoms. The van der Waals surface area contributed by atoms with Crippen LogP contribution < -0.4 is 5.32 Å². The van der Waals surface area contributed by atoms with E-state index >= 15 is 0 Å². The molecule has 1 aliphatic rings. The van der Waals surface area contributed by atoms with E-state index in [1.165, 1.54) is 0 Å². The molecule has 1 rings (SSSR count). The maximum absolute atomic E-state index is 11.5. The second-order valence-electron chi connectivity index (χ2n) is 6.66. The molecule has 0 aromatic rings. The molecule has 0 heterocycles. The van der Waals surface area contributed by atoms with Crippen LogP contribution >= 0.6 is 0 Å². The summed E-state index contributed by atoms with van der Waals surface area (Å²) in [6.45, 7) is 6.07. The van der Waals surface area contributed by atoms with E-state index in [-0.39, 0.29) is 6.10 Å². The molecule has 6 nitrogen and oxygen atoms in total. The highest BCUT2D eigenvalue weighted by atomic mass is 32.2. The second kappa shape index (κ2) is 7.45. The molecule has 0 aliphatic heterocycles. The monoisotopic (exact) mass is 321 g/mol. The highest BCUT2D eigenvalue weighted by Crippen LogP contribution is 2.28. The summed E-state index contributed by atoms with van der Waals surface area (Å²) in [5.41, 5.74) is -0.481. The number of amides is 1. The van der Waals surface area contributed by atoms with Gasteiger partial charge >= 0.3 is 6.09 Å². The normalized spacial score (nSPS) is 23.6. The predicted molar refractivity (Wildman–Crippen MR) is 80.5 cm³/mol. The van der Waals surface area contributed by atoms with Crippen molar-refractivity contribution in [3.8, 4) is 0 Å². The van der Waals surface area contributed by atoms with Crippen LogP contribution in [-0.4, -0.2) is 39.0 Å². The van der Waals surface area contributed by atoms with E-state index < -0.39 is 21.8 Å². The van der Waals surface area contributed by atoms with Crippen LogP contribution in [0.2, 0.25) is 0 Å². The van der Waals surface area contributed by atoms with Crippen molar-refractivity contribution in [1.29, 1.82) is 0 Å². The zero-order valence-electron chi connectivity index (χ0n) is 13.3. The number of carbonyl (C=O) groups excluding carboxylic acids is 1. The van der Waals surface area contributed by atoms with Gasteiger partial charge in [-0.25, -0.2) is 4.79 Å². The molecule has 0 radical (unpaired) electrons. The van der Waals surface area contributed by atoms with E-state index in [1.807, 2.05) is 20.8 Å². The summed E-state index contributed by atoms with van der Waals surface area (Å²) in [5.74, 6) is 0.499. The average molecular weight is 321 g/mol. The number of carbonyl (C=O) groups is 1. The van der Waals surface area contributed by atoms with Crippen molar-refractivity contribution in [2.45, 2.75) is 64.6 Å². The van der Waals surface area contributed by atoms with Crippen LogP contribution in [0.1, 0.15) is 52.9 Å². The van der Waals surface area contributed by atoms with Gasteiger partial charge in [0.05, 0.1) is 12.4 Å². The minimum absolute atomic E-state index is 0.185. The molecular formula is C14H27NO5S. The van der Waals surface area contributed by atoms with Crippen molar-refractivity contribution in [3.05, 3.63) is 0 Å². The lowest BCUT2D eigenvalue weighted by Gasteiger charge is -2.27. The molecule has 124 valence electrons. The molecule has 1 N–H and O–H groups in total. The Balaban J connectivity index is 2.18. The molecule has 0 aromatic carbocycles. The number of ether oxygens (including phenoxy) is 1. The van der Waals surface area contributed by atoms with Crippen molar-refractivity contribution < 1.29 is 22.1 Å². The Labute approximate surface area is 127 Å². The zero-order chi connectivity index (χ0) is 16.1. The molecule has 0 spiro atoms. The summed E-state index contributed by atoms with van der Waals surface area (Å²) >= 11 is 0. The minimum Gasteiger partial charge on any atom is -0.444 e.